The van der Waals surface area contributed by atoms with Crippen LogP contribution in [0.4, 0.5) is 0 Å². The molecule has 36 heavy (non-hydrogen) atoms. The van der Waals surface area contributed by atoms with Crippen molar-refractivity contribution < 1.29 is 30.0 Å². The molecule has 4 N–H and O–H groups in total. The lowest BCUT2D eigenvalue weighted by atomic mass is 9.38. The second-order valence-corrected chi connectivity index (χ2v) is 14.4. The Labute approximate surface area is 215 Å². The fourth-order valence-corrected chi connectivity index (χ4v) is 9.81. The second-order valence-electron chi connectivity index (χ2n) is 14.4. The summed E-state index contributed by atoms with van der Waals surface area (Å²) < 4.78 is 5.83. The van der Waals surface area contributed by atoms with Crippen molar-refractivity contribution in [3.05, 3.63) is 23.8 Å². The van der Waals surface area contributed by atoms with Gasteiger partial charge in [-0.05, 0) is 80.6 Å². The number of ether oxygens (including phenoxy) is 1. The van der Waals surface area contributed by atoms with Gasteiger partial charge in [-0.1, -0.05) is 52.3 Å². The minimum atomic E-state index is -1.25. The summed E-state index contributed by atoms with van der Waals surface area (Å²) in [6, 6.07) is 0. The largest absolute Gasteiger partial charge is 0.392 e. The molecule has 0 aromatic rings. The highest BCUT2D eigenvalue weighted by Gasteiger charge is 2.68. The van der Waals surface area contributed by atoms with Crippen molar-refractivity contribution in [2.24, 2.45) is 45.3 Å². The van der Waals surface area contributed by atoms with E-state index in [9.17, 15) is 25.2 Å². The van der Waals surface area contributed by atoms with Gasteiger partial charge in [0.2, 0.25) is 0 Å². The zero-order chi connectivity index (χ0) is 26.6. The molecular formula is C30H46O6. The van der Waals surface area contributed by atoms with E-state index in [1.807, 2.05) is 13.8 Å². The third-order valence-corrected chi connectivity index (χ3v) is 11.7. The van der Waals surface area contributed by atoms with Gasteiger partial charge in [-0.3, -0.25) is 4.79 Å². The van der Waals surface area contributed by atoms with Gasteiger partial charge in [-0.2, -0.15) is 0 Å². The van der Waals surface area contributed by atoms with Crippen molar-refractivity contribution in [2.45, 2.75) is 111 Å². The Morgan fingerprint density at radius 2 is 1.69 bits per heavy atom. The summed E-state index contributed by atoms with van der Waals surface area (Å²) in [5.74, 6) is 0.261. The van der Waals surface area contributed by atoms with Gasteiger partial charge >= 0.3 is 0 Å². The Balaban J connectivity index is 1.47. The number of aliphatic hydroxyl groups is 4. The predicted molar refractivity (Wildman–Crippen MR) is 137 cm³/mol. The molecule has 2 saturated carbocycles. The Hall–Kier alpha value is -1.05. The maximum absolute atomic E-state index is 12.8. The van der Waals surface area contributed by atoms with Crippen molar-refractivity contribution in [1.82, 2.24) is 0 Å². The number of carbonyl (C=O) groups is 1. The Kier molecular flexibility index (Phi) is 5.89. The van der Waals surface area contributed by atoms with Gasteiger partial charge in [0.1, 0.15) is 6.10 Å². The van der Waals surface area contributed by atoms with Crippen LogP contribution in [0.3, 0.4) is 0 Å². The lowest BCUT2D eigenvalue weighted by molar-refractivity contribution is -0.277. The summed E-state index contributed by atoms with van der Waals surface area (Å²) in [6.07, 6.45) is 6.51. The topological polar surface area (TPSA) is 107 Å². The standard InChI is InChI=1S/C30H46O6/c1-26(2)21-15-23(33)30(7)19-9-8-17(16-14-18(31)24(27(3,4)35)36-25(16)34)28(19,5)12-10-20(30)29(21,6)13-11-22(26)32/h9,11,13,16-18,20-21,23-25,31,33-35H,8,10,12,14-15H2,1-7H3/t16-,17-,18+,20+,21-,23+,24-,25-,28-,29+,30-/m0/s1. The SMILES string of the molecule is CC(C)(O)[C@H]1O[C@H](O)[C@H]([C@@H]2CC=C3[C@]4(C)[C@H](O)C[C@H]5C(C)(C)C(=O)C=C[C@]5(C)[C@H]4CC[C@]32C)C[C@H]1O. The van der Waals surface area contributed by atoms with E-state index in [4.69, 9.17) is 4.74 Å². The molecule has 0 unspecified atom stereocenters. The summed E-state index contributed by atoms with van der Waals surface area (Å²) in [5, 5.41) is 44.1. The molecule has 0 radical (unpaired) electrons. The van der Waals surface area contributed by atoms with Crippen LogP contribution in [-0.4, -0.2) is 56.4 Å². The van der Waals surface area contributed by atoms with Crippen LogP contribution in [0.25, 0.3) is 0 Å². The maximum atomic E-state index is 12.8. The van der Waals surface area contributed by atoms with Crippen molar-refractivity contribution in [2.75, 3.05) is 0 Å². The Morgan fingerprint density at radius 3 is 2.33 bits per heavy atom. The molecule has 5 aliphatic rings. The van der Waals surface area contributed by atoms with Gasteiger partial charge in [0.15, 0.2) is 12.1 Å². The monoisotopic (exact) mass is 502 g/mol. The summed E-state index contributed by atoms with van der Waals surface area (Å²) in [4.78, 5) is 12.8. The molecule has 3 fully saturated rings. The van der Waals surface area contributed by atoms with Crippen molar-refractivity contribution in [1.29, 1.82) is 0 Å². The van der Waals surface area contributed by atoms with Crippen LogP contribution in [0.2, 0.25) is 0 Å². The second kappa shape index (κ2) is 7.98. The summed E-state index contributed by atoms with van der Waals surface area (Å²) in [5.41, 5.74) is -1.32. The molecule has 1 aliphatic heterocycles. The van der Waals surface area contributed by atoms with E-state index in [0.717, 1.165) is 19.3 Å². The molecule has 202 valence electrons. The highest BCUT2D eigenvalue weighted by molar-refractivity contribution is 5.95. The molecular weight excluding hydrogens is 456 g/mol. The van der Waals surface area contributed by atoms with E-state index >= 15 is 0 Å². The quantitative estimate of drug-likeness (QED) is 0.429. The van der Waals surface area contributed by atoms with Crippen LogP contribution in [-0.2, 0) is 9.53 Å². The van der Waals surface area contributed by atoms with E-state index in [0.29, 0.717) is 12.8 Å². The van der Waals surface area contributed by atoms with Gasteiger partial charge in [-0.15, -0.1) is 0 Å². The molecule has 0 spiro atoms. The van der Waals surface area contributed by atoms with Crippen LogP contribution in [0.15, 0.2) is 23.8 Å². The molecule has 1 saturated heterocycles. The fourth-order valence-electron chi connectivity index (χ4n) is 9.81. The van der Waals surface area contributed by atoms with E-state index in [-0.39, 0.29) is 40.3 Å². The summed E-state index contributed by atoms with van der Waals surface area (Å²) in [6.45, 7) is 14.0. The number of allylic oxidation sites excluding steroid dienone is 3. The molecule has 5 rings (SSSR count). The first-order valence-corrected chi connectivity index (χ1v) is 13.9. The van der Waals surface area contributed by atoms with Crippen LogP contribution in [0.1, 0.15) is 80.6 Å². The molecule has 0 aromatic carbocycles. The minimum Gasteiger partial charge on any atom is -0.392 e. The lowest BCUT2D eigenvalue weighted by Crippen LogP contribution is -2.64. The van der Waals surface area contributed by atoms with Crippen molar-refractivity contribution in [3.8, 4) is 0 Å². The van der Waals surface area contributed by atoms with Gasteiger partial charge in [0, 0.05) is 16.7 Å². The van der Waals surface area contributed by atoms with Gasteiger partial charge in [-0.25, -0.2) is 0 Å². The van der Waals surface area contributed by atoms with Gasteiger partial charge < -0.3 is 25.2 Å². The Morgan fingerprint density at radius 1 is 1.03 bits per heavy atom. The zero-order valence-corrected chi connectivity index (χ0v) is 23.0. The lowest BCUT2D eigenvalue weighted by Gasteiger charge is -2.66. The number of fused-ring (bicyclic) bond motifs is 5. The highest BCUT2D eigenvalue weighted by atomic mass is 16.6. The van der Waals surface area contributed by atoms with E-state index in [1.165, 1.54) is 5.57 Å². The normalized spacial score (nSPS) is 52.3. The molecule has 4 aliphatic carbocycles. The van der Waals surface area contributed by atoms with Crippen LogP contribution >= 0.6 is 0 Å². The average Bonchev–Trinajstić information content (AvgIpc) is 3.12. The molecule has 1 heterocycles. The molecule has 0 aromatic heterocycles. The molecule has 0 bridgehead atoms. The third kappa shape index (κ3) is 3.37. The number of aliphatic hydroxyl groups excluding tert-OH is 3. The van der Waals surface area contributed by atoms with Crippen LogP contribution in [0.5, 0.6) is 0 Å². The summed E-state index contributed by atoms with van der Waals surface area (Å²) in [7, 11) is 0. The summed E-state index contributed by atoms with van der Waals surface area (Å²) >= 11 is 0. The Bertz CT molecular complexity index is 992. The first-order chi connectivity index (χ1) is 16.5. The van der Waals surface area contributed by atoms with Crippen LogP contribution in [0, 0.1) is 45.3 Å². The number of hydrogen-bond acceptors (Lipinski definition) is 6. The van der Waals surface area contributed by atoms with E-state index in [1.54, 1.807) is 19.9 Å². The third-order valence-electron chi connectivity index (χ3n) is 11.7. The van der Waals surface area contributed by atoms with E-state index < -0.39 is 41.0 Å². The first kappa shape index (κ1) is 26.6. The molecule has 6 nitrogen and oxygen atoms in total. The predicted octanol–water partition coefficient (Wildman–Crippen LogP) is 3.76. The van der Waals surface area contributed by atoms with E-state index in [2.05, 4.69) is 32.9 Å². The minimum absolute atomic E-state index is 0.0790. The number of carbonyl (C=O) groups excluding carboxylic acids is 1. The van der Waals surface area contributed by atoms with Crippen molar-refractivity contribution in [3.63, 3.8) is 0 Å². The molecule has 11 atom stereocenters. The number of hydrogen-bond donors (Lipinski definition) is 4. The van der Waals surface area contributed by atoms with Gasteiger partial charge in [0.05, 0.1) is 17.8 Å². The van der Waals surface area contributed by atoms with Crippen LogP contribution < -0.4 is 0 Å². The molecule has 0 amide bonds. The average molecular weight is 503 g/mol. The number of rotatable bonds is 2. The van der Waals surface area contributed by atoms with Gasteiger partial charge in [0.25, 0.3) is 0 Å². The first-order valence-electron chi connectivity index (χ1n) is 13.9. The molecule has 6 heteroatoms. The number of ketones is 1. The van der Waals surface area contributed by atoms with Crippen molar-refractivity contribution >= 4 is 5.78 Å². The maximum Gasteiger partial charge on any atom is 0.161 e. The smallest absolute Gasteiger partial charge is 0.161 e. The zero-order valence-electron chi connectivity index (χ0n) is 23.0. The highest BCUT2D eigenvalue weighted by Crippen LogP contribution is 2.72. The fraction of sp³-hybridized carbons (Fsp3) is 0.833.